The standard InChI is InChI=1S/C16H24N2O3/c1-12-4-6-13(7-5-12)18(11-9-15(20)21)14(19)8-10-16(2,3)17/h4-7H,8-11,17H2,1-3H3,(H,20,21). The fourth-order valence-electron chi connectivity index (χ4n) is 1.89. The van der Waals surface area contributed by atoms with E-state index in [-0.39, 0.29) is 18.9 Å². The lowest BCUT2D eigenvalue weighted by Gasteiger charge is -2.25. The van der Waals surface area contributed by atoms with Gasteiger partial charge in [0.25, 0.3) is 0 Å². The maximum atomic E-state index is 12.4. The molecule has 1 amide bonds. The summed E-state index contributed by atoms with van der Waals surface area (Å²) in [6.45, 7) is 5.87. The van der Waals surface area contributed by atoms with E-state index in [2.05, 4.69) is 0 Å². The number of benzene rings is 1. The number of hydrogen-bond donors (Lipinski definition) is 2. The van der Waals surface area contributed by atoms with Gasteiger partial charge < -0.3 is 15.7 Å². The summed E-state index contributed by atoms with van der Waals surface area (Å²) in [7, 11) is 0. The summed E-state index contributed by atoms with van der Waals surface area (Å²) in [4.78, 5) is 24.7. The summed E-state index contributed by atoms with van der Waals surface area (Å²) in [5.41, 5.74) is 7.30. The predicted molar refractivity (Wildman–Crippen MR) is 83.3 cm³/mol. The number of nitrogens with two attached hydrogens (primary N) is 1. The summed E-state index contributed by atoms with van der Waals surface area (Å²) in [5, 5.41) is 8.84. The topological polar surface area (TPSA) is 83.6 Å². The van der Waals surface area contributed by atoms with Crippen molar-refractivity contribution in [2.24, 2.45) is 5.73 Å². The summed E-state index contributed by atoms with van der Waals surface area (Å²) in [5.74, 6) is -1.02. The van der Waals surface area contributed by atoms with E-state index in [1.807, 2.05) is 45.0 Å². The van der Waals surface area contributed by atoms with Crippen molar-refractivity contribution in [3.05, 3.63) is 29.8 Å². The number of aryl methyl sites for hydroxylation is 1. The van der Waals surface area contributed by atoms with Gasteiger partial charge >= 0.3 is 5.97 Å². The highest BCUT2D eigenvalue weighted by molar-refractivity contribution is 5.93. The fraction of sp³-hybridized carbons (Fsp3) is 0.500. The molecule has 1 aromatic rings. The van der Waals surface area contributed by atoms with E-state index in [1.165, 1.54) is 4.90 Å². The average Bonchev–Trinajstić information content (AvgIpc) is 2.37. The molecule has 0 spiro atoms. The quantitative estimate of drug-likeness (QED) is 0.808. The monoisotopic (exact) mass is 292 g/mol. The highest BCUT2D eigenvalue weighted by atomic mass is 16.4. The molecule has 116 valence electrons. The second-order valence-corrected chi connectivity index (χ2v) is 6.01. The van der Waals surface area contributed by atoms with Crippen molar-refractivity contribution in [1.82, 2.24) is 0 Å². The smallest absolute Gasteiger partial charge is 0.305 e. The molecule has 1 rings (SSSR count). The van der Waals surface area contributed by atoms with Crippen LogP contribution in [0.15, 0.2) is 24.3 Å². The summed E-state index contributed by atoms with van der Waals surface area (Å²) in [6, 6.07) is 7.48. The average molecular weight is 292 g/mol. The summed E-state index contributed by atoms with van der Waals surface area (Å²) < 4.78 is 0. The molecular weight excluding hydrogens is 268 g/mol. The van der Waals surface area contributed by atoms with Crippen LogP contribution in [0.5, 0.6) is 0 Å². The lowest BCUT2D eigenvalue weighted by atomic mass is 9.99. The molecule has 0 heterocycles. The summed E-state index contributed by atoms with van der Waals surface area (Å²) in [6.07, 6.45) is 0.782. The SMILES string of the molecule is Cc1ccc(N(CCC(=O)O)C(=O)CCC(C)(C)N)cc1. The molecule has 21 heavy (non-hydrogen) atoms. The van der Waals surface area contributed by atoms with Crippen LogP contribution >= 0.6 is 0 Å². The Morgan fingerprint density at radius 1 is 1.19 bits per heavy atom. The Balaban J connectivity index is 2.83. The molecule has 0 unspecified atom stereocenters. The number of carbonyl (C=O) groups excluding carboxylic acids is 1. The highest BCUT2D eigenvalue weighted by Crippen LogP contribution is 2.18. The maximum Gasteiger partial charge on any atom is 0.305 e. The number of carbonyl (C=O) groups is 2. The van der Waals surface area contributed by atoms with Crippen molar-refractivity contribution in [2.75, 3.05) is 11.4 Å². The van der Waals surface area contributed by atoms with E-state index in [0.29, 0.717) is 12.8 Å². The van der Waals surface area contributed by atoms with Gasteiger partial charge in [-0.25, -0.2) is 0 Å². The van der Waals surface area contributed by atoms with Gasteiger partial charge in [-0.2, -0.15) is 0 Å². The Bertz CT molecular complexity index is 489. The Kier molecular flexibility index (Phi) is 5.90. The first-order chi connectivity index (χ1) is 9.69. The molecule has 5 heteroatoms. The molecule has 0 aliphatic carbocycles. The first-order valence-corrected chi connectivity index (χ1v) is 7.07. The normalized spacial score (nSPS) is 11.2. The molecule has 0 saturated heterocycles. The Morgan fingerprint density at radius 3 is 2.24 bits per heavy atom. The van der Waals surface area contributed by atoms with Crippen LogP contribution in [0, 0.1) is 6.92 Å². The number of amides is 1. The molecule has 0 radical (unpaired) electrons. The molecule has 0 aliphatic rings. The van der Waals surface area contributed by atoms with E-state index in [1.54, 1.807) is 0 Å². The minimum absolute atomic E-state index is 0.0777. The molecular formula is C16H24N2O3. The zero-order valence-electron chi connectivity index (χ0n) is 12.9. The molecule has 1 aromatic carbocycles. The van der Waals surface area contributed by atoms with Crippen LogP contribution in [0.25, 0.3) is 0 Å². The minimum atomic E-state index is -0.918. The van der Waals surface area contributed by atoms with Crippen molar-refractivity contribution >= 4 is 17.6 Å². The largest absolute Gasteiger partial charge is 0.481 e. The number of aliphatic carboxylic acids is 1. The molecule has 3 N–H and O–H groups in total. The Labute approximate surface area is 125 Å². The van der Waals surface area contributed by atoms with E-state index in [0.717, 1.165) is 11.3 Å². The molecule has 0 bridgehead atoms. The first-order valence-electron chi connectivity index (χ1n) is 7.07. The second-order valence-electron chi connectivity index (χ2n) is 6.01. The zero-order valence-corrected chi connectivity index (χ0v) is 12.9. The van der Waals surface area contributed by atoms with Gasteiger partial charge in [-0.15, -0.1) is 0 Å². The molecule has 0 aliphatic heterocycles. The van der Waals surface area contributed by atoms with Crippen LogP contribution < -0.4 is 10.6 Å². The predicted octanol–water partition coefficient (Wildman–Crippen LogP) is 2.32. The minimum Gasteiger partial charge on any atom is -0.481 e. The molecule has 0 aromatic heterocycles. The lowest BCUT2D eigenvalue weighted by Crippen LogP contribution is -2.37. The van der Waals surface area contributed by atoms with Crippen LogP contribution in [-0.2, 0) is 9.59 Å². The van der Waals surface area contributed by atoms with Gasteiger partial charge in [0.05, 0.1) is 6.42 Å². The third-order valence-corrected chi connectivity index (χ3v) is 3.18. The van der Waals surface area contributed by atoms with Gasteiger partial charge in [0.15, 0.2) is 0 Å². The van der Waals surface area contributed by atoms with Crippen LogP contribution in [0.2, 0.25) is 0 Å². The highest BCUT2D eigenvalue weighted by Gasteiger charge is 2.20. The molecule has 0 saturated carbocycles. The van der Waals surface area contributed by atoms with Crippen molar-refractivity contribution < 1.29 is 14.7 Å². The molecule has 0 atom stereocenters. The van der Waals surface area contributed by atoms with Crippen LogP contribution in [0.1, 0.15) is 38.7 Å². The lowest BCUT2D eigenvalue weighted by molar-refractivity contribution is -0.136. The molecule has 0 fully saturated rings. The maximum absolute atomic E-state index is 12.4. The molecule has 5 nitrogen and oxygen atoms in total. The van der Waals surface area contributed by atoms with Gasteiger partial charge in [0, 0.05) is 24.2 Å². The van der Waals surface area contributed by atoms with E-state index < -0.39 is 11.5 Å². The first kappa shape index (κ1) is 17.2. The Hall–Kier alpha value is -1.88. The number of hydrogen-bond acceptors (Lipinski definition) is 3. The van der Waals surface area contributed by atoms with Crippen molar-refractivity contribution in [2.45, 2.75) is 45.6 Å². The summed E-state index contributed by atoms with van der Waals surface area (Å²) >= 11 is 0. The van der Waals surface area contributed by atoms with Gasteiger partial charge in [0.1, 0.15) is 0 Å². The van der Waals surface area contributed by atoms with Crippen LogP contribution in [-0.4, -0.2) is 29.1 Å². The van der Waals surface area contributed by atoms with Gasteiger partial charge in [-0.05, 0) is 39.3 Å². The zero-order chi connectivity index (χ0) is 16.0. The van der Waals surface area contributed by atoms with E-state index >= 15 is 0 Å². The number of carboxylic acids is 1. The number of rotatable bonds is 7. The third kappa shape index (κ3) is 6.40. The van der Waals surface area contributed by atoms with Crippen LogP contribution in [0.3, 0.4) is 0 Å². The Morgan fingerprint density at radius 2 is 1.76 bits per heavy atom. The van der Waals surface area contributed by atoms with Crippen molar-refractivity contribution in [3.63, 3.8) is 0 Å². The van der Waals surface area contributed by atoms with Gasteiger partial charge in [-0.1, -0.05) is 17.7 Å². The fourth-order valence-corrected chi connectivity index (χ4v) is 1.89. The second kappa shape index (κ2) is 7.22. The number of nitrogens with zero attached hydrogens (tertiary/aromatic N) is 1. The van der Waals surface area contributed by atoms with Crippen molar-refractivity contribution in [1.29, 1.82) is 0 Å². The number of anilines is 1. The van der Waals surface area contributed by atoms with Gasteiger partial charge in [0.2, 0.25) is 5.91 Å². The number of carboxylic acid groups (broad SMARTS) is 1. The van der Waals surface area contributed by atoms with Gasteiger partial charge in [-0.3, -0.25) is 9.59 Å². The van der Waals surface area contributed by atoms with Crippen LogP contribution in [0.4, 0.5) is 5.69 Å². The van der Waals surface area contributed by atoms with E-state index in [4.69, 9.17) is 10.8 Å². The van der Waals surface area contributed by atoms with Crippen molar-refractivity contribution in [3.8, 4) is 0 Å². The third-order valence-electron chi connectivity index (χ3n) is 3.18. The van der Waals surface area contributed by atoms with E-state index in [9.17, 15) is 9.59 Å².